The summed E-state index contributed by atoms with van der Waals surface area (Å²) in [6, 6.07) is 0. The normalized spacial score (nSPS) is 12.2. The summed E-state index contributed by atoms with van der Waals surface area (Å²) in [4.78, 5) is 22.8. The predicted octanol–water partition coefficient (Wildman–Crippen LogP) is 1.84. The Morgan fingerprint density at radius 3 is 2.27 bits per heavy atom. The summed E-state index contributed by atoms with van der Waals surface area (Å²) in [6.07, 6.45) is 1.63. The molecule has 0 rings (SSSR count). The lowest BCUT2D eigenvalue weighted by atomic mass is 10.1. The number of allylic oxidation sites excluding steroid dienone is 1. The van der Waals surface area contributed by atoms with E-state index in [0.717, 1.165) is 0 Å². The zero-order valence-corrected chi connectivity index (χ0v) is 9.92. The van der Waals surface area contributed by atoms with Crippen molar-refractivity contribution in [2.24, 2.45) is 0 Å². The first-order valence-electron chi connectivity index (χ1n) is 4.88. The highest BCUT2D eigenvalue weighted by Gasteiger charge is 2.33. The van der Waals surface area contributed by atoms with Crippen molar-refractivity contribution in [1.82, 2.24) is 0 Å². The maximum atomic E-state index is 11.4. The van der Waals surface area contributed by atoms with Crippen molar-refractivity contribution in [3.63, 3.8) is 0 Å². The molecule has 0 saturated carbocycles. The lowest BCUT2D eigenvalue weighted by Gasteiger charge is -2.22. The molecule has 0 heterocycles. The molecule has 4 nitrogen and oxygen atoms in total. The predicted molar refractivity (Wildman–Crippen MR) is 56.2 cm³/mol. The van der Waals surface area contributed by atoms with Crippen LogP contribution in [0.2, 0.25) is 0 Å². The third-order valence-corrected chi connectivity index (χ3v) is 1.87. The van der Waals surface area contributed by atoms with Crippen LogP contribution in [-0.4, -0.2) is 24.1 Å². The molecule has 0 fully saturated rings. The molecular weight excluding hydrogens is 196 g/mol. The van der Waals surface area contributed by atoms with E-state index < -0.39 is 17.5 Å². The summed E-state index contributed by atoms with van der Waals surface area (Å²) in [5.74, 6) is -1.04. The van der Waals surface area contributed by atoms with Gasteiger partial charge in [-0.15, -0.1) is 0 Å². The molecule has 0 bridgehead atoms. The Hall–Kier alpha value is -1.32. The maximum Gasteiger partial charge on any atom is 0.350 e. The Balaban J connectivity index is 4.50. The van der Waals surface area contributed by atoms with E-state index in [9.17, 15) is 9.59 Å². The SMILES string of the molecule is CC=C(C)C(=O)OC(C)(C)C(=O)OCC. The van der Waals surface area contributed by atoms with Gasteiger partial charge in [-0.1, -0.05) is 6.08 Å². The fourth-order valence-corrected chi connectivity index (χ4v) is 0.777. The fourth-order valence-electron chi connectivity index (χ4n) is 0.777. The second kappa shape index (κ2) is 5.53. The zero-order valence-electron chi connectivity index (χ0n) is 9.92. The summed E-state index contributed by atoms with van der Waals surface area (Å²) in [5.41, 5.74) is -0.774. The minimum Gasteiger partial charge on any atom is -0.463 e. The highest BCUT2D eigenvalue weighted by Crippen LogP contribution is 2.14. The Bertz CT molecular complexity index is 276. The number of rotatable bonds is 4. The molecule has 0 saturated heterocycles. The summed E-state index contributed by atoms with van der Waals surface area (Å²) in [6.45, 7) is 8.34. The Kier molecular flexibility index (Phi) is 5.05. The van der Waals surface area contributed by atoms with Crippen LogP contribution in [0.15, 0.2) is 11.6 Å². The molecule has 0 aromatic heterocycles. The lowest BCUT2D eigenvalue weighted by Crippen LogP contribution is -2.39. The molecule has 86 valence electrons. The molecule has 0 unspecified atom stereocenters. The second-order valence-electron chi connectivity index (χ2n) is 3.59. The van der Waals surface area contributed by atoms with Gasteiger partial charge in [0.15, 0.2) is 0 Å². The van der Waals surface area contributed by atoms with Crippen LogP contribution in [0.5, 0.6) is 0 Å². The van der Waals surface area contributed by atoms with E-state index in [2.05, 4.69) is 0 Å². The van der Waals surface area contributed by atoms with Crippen LogP contribution in [0.3, 0.4) is 0 Å². The molecule has 15 heavy (non-hydrogen) atoms. The third kappa shape index (κ3) is 4.14. The largest absolute Gasteiger partial charge is 0.463 e. The summed E-state index contributed by atoms with van der Waals surface area (Å²) >= 11 is 0. The van der Waals surface area contributed by atoms with Gasteiger partial charge in [-0.2, -0.15) is 0 Å². The van der Waals surface area contributed by atoms with Crippen molar-refractivity contribution in [3.05, 3.63) is 11.6 Å². The van der Waals surface area contributed by atoms with Crippen LogP contribution >= 0.6 is 0 Å². The third-order valence-electron chi connectivity index (χ3n) is 1.87. The minimum atomic E-state index is -1.24. The van der Waals surface area contributed by atoms with E-state index in [1.807, 2.05) is 0 Å². The number of carbonyl (C=O) groups is 2. The minimum absolute atomic E-state index is 0.266. The lowest BCUT2D eigenvalue weighted by molar-refractivity contribution is -0.175. The topological polar surface area (TPSA) is 52.6 Å². The molecule has 0 aliphatic heterocycles. The van der Waals surface area contributed by atoms with Gasteiger partial charge in [0.2, 0.25) is 5.60 Å². The monoisotopic (exact) mass is 214 g/mol. The molecule has 4 heteroatoms. The fraction of sp³-hybridized carbons (Fsp3) is 0.636. The number of carbonyl (C=O) groups excluding carboxylic acids is 2. The van der Waals surface area contributed by atoms with Crippen molar-refractivity contribution in [2.45, 2.75) is 40.2 Å². The van der Waals surface area contributed by atoms with Gasteiger partial charge in [0.05, 0.1) is 6.61 Å². The molecule has 0 atom stereocenters. The molecule has 0 amide bonds. The van der Waals surface area contributed by atoms with Crippen LogP contribution in [0.4, 0.5) is 0 Å². The summed E-state index contributed by atoms with van der Waals surface area (Å²) < 4.78 is 9.81. The number of hydrogen-bond acceptors (Lipinski definition) is 4. The van der Waals surface area contributed by atoms with Gasteiger partial charge in [-0.25, -0.2) is 9.59 Å². The van der Waals surface area contributed by atoms with Crippen LogP contribution in [0.25, 0.3) is 0 Å². The molecule has 0 aromatic rings. The molecule has 0 N–H and O–H groups in total. The van der Waals surface area contributed by atoms with Crippen molar-refractivity contribution < 1.29 is 19.1 Å². The molecule has 0 aliphatic carbocycles. The molecule has 0 aliphatic rings. The first-order chi connectivity index (χ1) is 6.85. The number of ether oxygens (including phenoxy) is 2. The number of esters is 2. The zero-order chi connectivity index (χ0) is 12.1. The molecule has 0 aromatic carbocycles. The van der Waals surface area contributed by atoms with E-state index in [1.165, 1.54) is 13.8 Å². The van der Waals surface area contributed by atoms with E-state index in [-0.39, 0.29) is 6.61 Å². The van der Waals surface area contributed by atoms with Crippen molar-refractivity contribution in [1.29, 1.82) is 0 Å². The van der Waals surface area contributed by atoms with Crippen LogP contribution < -0.4 is 0 Å². The average Bonchev–Trinajstić information content (AvgIpc) is 2.16. The first kappa shape index (κ1) is 13.7. The van der Waals surface area contributed by atoms with Crippen molar-refractivity contribution in [2.75, 3.05) is 6.61 Å². The van der Waals surface area contributed by atoms with Gasteiger partial charge in [0.1, 0.15) is 0 Å². The average molecular weight is 214 g/mol. The van der Waals surface area contributed by atoms with E-state index in [0.29, 0.717) is 5.57 Å². The standard InChI is InChI=1S/C11H18O4/c1-6-8(3)9(12)15-11(4,5)10(13)14-7-2/h6H,7H2,1-5H3. The molecule has 0 spiro atoms. The quantitative estimate of drug-likeness (QED) is 0.529. The molecular formula is C11H18O4. The Morgan fingerprint density at radius 2 is 1.87 bits per heavy atom. The maximum absolute atomic E-state index is 11.4. The highest BCUT2D eigenvalue weighted by atomic mass is 16.6. The van der Waals surface area contributed by atoms with Crippen LogP contribution in [-0.2, 0) is 19.1 Å². The van der Waals surface area contributed by atoms with Crippen LogP contribution in [0, 0.1) is 0 Å². The van der Waals surface area contributed by atoms with Gasteiger partial charge in [-0.05, 0) is 34.6 Å². The molecule has 0 radical (unpaired) electrons. The van der Waals surface area contributed by atoms with Crippen molar-refractivity contribution >= 4 is 11.9 Å². The van der Waals surface area contributed by atoms with Gasteiger partial charge in [-0.3, -0.25) is 0 Å². The number of hydrogen-bond donors (Lipinski definition) is 0. The highest BCUT2D eigenvalue weighted by molar-refractivity contribution is 5.91. The Morgan fingerprint density at radius 1 is 1.33 bits per heavy atom. The smallest absolute Gasteiger partial charge is 0.350 e. The van der Waals surface area contributed by atoms with E-state index >= 15 is 0 Å². The van der Waals surface area contributed by atoms with Crippen LogP contribution in [0.1, 0.15) is 34.6 Å². The summed E-state index contributed by atoms with van der Waals surface area (Å²) in [5, 5.41) is 0. The summed E-state index contributed by atoms with van der Waals surface area (Å²) in [7, 11) is 0. The Labute approximate surface area is 90.2 Å². The van der Waals surface area contributed by atoms with Gasteiger partial charge >= 0.3 is 11.9 Å². The van der Waals surface area contributed by atoms with E-state index in [4.69, 9.17) is 9.47 Å². The first-order valence-corrected chi connectivity index (χ1v) is 4.88. The van der Waals surface area contributed by atoms with Crippen molar-refractivity contribution in [3.8, 4) is 0 Å². The van der Waals surface area contributed by atoms with Gasteiger partial charge in [0, 0.05) is 5.57 Å². The van der Waals surface area contributed by atoms with Gasteiger partial charge in [0.25, 0.3) is 0 Å². The van der Waals surface area contributed by atoms with E-state index in [1.54, 1.807) is 26.8 Å². The van der Waals surface area contributed by atoms with Gasteiger partial charge < -0.3 is 9.47 Å². The second-order valence-corrected chi connectivity index (χ2v) is 3.59.